The van der Waals surface area contributed by atoms with Crippen LogP contribution in [0, 0.1) is 5.82 Å². The molecule has 1 nitrogen and oxygen atoms in total. The summed E-state index contributed by atoms with van der Waals surface area (Å²) in [6.45, 7) is 0. The molecule has 0 fully saturated rings. The molecular formula is C16H15Br2FO. The summed E-state index contributed by atoms with van der Waals surface area (Å²) < 4.78 is 20.0. The van der Waals surface area contributed by atoms with Gasteiger partial charge in [-0.25, -0.2) is 4.39 Å². The normalized spacial score (nSPS) is 12.2. The van der Waals surface area contributed by atoms with E-state index in [0.717, 1.165) is 33.1 Å². The van der Waals surface area contributed by atoms with E-state index in [0.29, 0.717) is 0 Å². The standard InChI is InChI=1S/C16H15Br2FO/c1-20-16-7-6-11(9-14(16)18)8-12(10-17)13-4-2-3-5-15(13)19/h2-7,9,12H,8,10H2,1H3. The van der Waals surface area contributed by atoms with Gasteiger partial charge < -0.3 is 4.74 Å². The second-order valence-electron chi connectivity index (χ2n) is 4.55. The molecule has 2 aromatic rings. The zero-order valence-corrected chi connectivity index (χ0v) is 14.2. The second-order valence-corrected chi connectivity index (χ2v) is 6.05. The van der Waals surface area contributed by atoms with Crippen molar-refractivity contribution in [2.45, 2.75) is 12.3 Å². The summed E-state index contributed by atoms with van der Waals surface area (Å²) in [5.41, 5.74) is 1.89. The maximum atomic E-state index is 13.9. The third kappa shape index (κ3) is 3.61. The zero-order chi connectivity index (χ0) is 14.5. The summed E-state index contributed by atoms with van der Waals surface area (Å²) >= 11 is 6.97. The number of hydrogen-bond acceptors (Lipinski definition) is 1. The summed E-state index contributed by atoms with van der Waals surface area (Å²) in [6, 6.07) is 12.9. The lowest BCUT2D eigenvalue weighted by molar-refractivity contribution is 0.412. The Labute approximate surface area is 135 Å². The van der Waals surface area contributed by atoms with Gasteiger partial charge in [0.15, 0.2) is 0 Å². The van der Waals surface area contributed by atoms with Crippen molar-refractivity contribution in [1.82, 2.24) is 0 Å². The first-order valence-corrected chi connectivity index (χ1v) is 8.20. The number of alkyl halides is 1. The topological polar surface area (TPSA) is 9.23 Å². The molecule has 0 N–H and O–H groups in total. The molecule has 0 radical (unpaired) electrons. The summed E-state index contributed by atoms with van der Waals surface area (Å²) in [6.07, 6.45) is 0.773. The maximum Gasteiger partial charge on any atom is 0.133 e. The van der Waals surface area contributed by atoms with E-state index in [1.54, 1.807) is 13.2 Å². The van der Waals surface area contributed by atoms with Crippen LogP contribution in [-0.4, -0.2) is 12.4 Å². The van der Waals surface area contributed by atoms with Crippen molar-refractivity contribution in [2.75, 3.05) is 12.4 Å². The molecule has 0 saturated heterocycles. The van der Waals surface area contributed by atoms with E-state index in [2.05, 4.69) is 31.9 Å². The Morgan fingerprint density at radius 1 is 1.20 bits per heavy atom. The van der Waals surface area contributed by atoms with Gasteiger partial charge in [0, 0.05) is 11.2 Å². The van der Waals surface area contributed by atoms with Gasteiger partial charge in [-0.1, -0.05) is 40.2 Å². The third-order valence-corrected chi connectivity index (χ3v) is 4.63. The van der Waals surface area contributed by atoms with E-state index in [-0.39, 0.29) is 11.7 Å². The fourth-order valence-corrected chi connectivity index (χ4v) is 3.34. The summed E-state index contributed by atoms with van der Waals surface area (Å²) in [4.78, 5) is 0. The van der Waals surface area contributed by atoms with E-state index < -0.39 is 0 Å². The van der Waals surface area contributed by atoms with Crippen molar-refractivity contribution in [1.29, 1.82) is 0 Å². The number of ether oxygens (including phenoxy) is 1. The van der Waals surface area contributed by atoms with Crippen LogP contribution in [0.3, 0.4) is 0 Å². The lowest BCUT2D eigenvalue weighted by Crippen LogP contribution is -2.07. The van der Waals surface area contributed by atoms with Gasteiger partial charge in [0.05, 0.1) is 11.6 Å². The van der Waals surface area contributed by atoms with Crippen molar-refractivity contribution < 1.29 is 9.13 Å². The highest BCUT2D eigenvalue weighted by Gasteiger charge is 2.15. The van der Waals surface area contributed by atoms with E-state index in [9.17, 15) is 4.39 Å². The summed E-state index contributed by atoms with van der Waals surface area (Å²) in [5, 5.41) is 0.720. The molecule has 20 heavy (non-hydrogen) atoms. The highest BCUT2D eigenvalue weighted by molar-refractivity contribution is 9.10. The van der Waals surface area contributed by atoms with Gasteiger partial charge in [-0.3, -0.25) is 0 Å². The number of methoxy groups -OCH3 is 1. The minimum absolute atomic E-state index is 0.108. The predicted molar refractivity (Wildman–Crippen MR) is 87.3 cm³/mol. The Balaban J connectivity index is 2.23. The van der Waals surface area contributed by atoms with Crippen molar-refractivity contribution in [2.24, 2.45) is 0 Å². The Kier molecular flexibility index (Phi) is 5.61. The van der Waals surface area contributed by atoms with Crippen LogP contribution >= 0.6 is 31.9 Å². The molecule has 0 saturated carbocycles. The molecule has 1 atom stereocenters. The largest absolute Gasteiger partial charge is 0.496 e. The fraction of sp³-hybridized carbons (Fsp3) is 0.250. The SMILES string of the molecule is COc1ccc(CC(CBr)c2ccccc2F)cc1Br. The first-order valence-electron chi connectivity index (χ1n) is 6.28. The van der Waals surface area contributed by atoms with Crippen molar-refractivity contribution in [3.05, 3.63) is 63.9 Å². The molecular weight excluding hydrogens is 387 g/mol. The van der Waals surface area contributed by atoms with Crippen LogP contribution in [-0.2, 0) is 6.42 Å². The van der Waals surface area contributed by atoms with E-state index >= 15 is 0 Å². The van der Waals surface area contributed by atoms with Gasteiger partial charge in [-0.05, 0) is 51.7 Å². The lowest BCUT2D eigenvalue weighted by Gasteiger charge is -2.16. The van der Waals surface area contributed by atoms with Crippen molar-refractivity contribution in [3.63, 3.8) is 0 Å². The molecule has 0 aliphatic carbocycles. The third-order valence-electron chi connectivity index (χ3n) is 3.23. The molecule has 1 unspecified atom stereocenters. The monoisotopic (exact) mass is 400 g/mol. The lowest BCUT2D eigenvalue weighted by atomic mass is 9.93. The minimum Gasteiger partial charge on any atom is -0.496 e. The van der Waals surface area contributed by atoms with Gasteiger partial charge in [0.25, 0.3) is 0 Å². The first kappa shape index (κ1) is 15.5. The number of halogens is 3. The van der Waals surface area contributed by atoms with Gasteiger partial charge in [0.1, 0.15) is 11.6 Å². The molecule has 0 heterocycles. The molecule has 0 bridgehead atoms. The number of benzene rings is 2. The first-order chi connectivity index (χ1) is 9.65. The van der Waals surface area contributed by atoms with Crippen LogP contribution < -0.4 is 4.74 Å². The van der Waals surface area contributed by atoms with Crippen LogP contribution in [0.1, 0.15) is 17.0 Å². The Hall–Kier alpha value is -0.870. The zero-order valence-electron chi connectivity index (χ0n) is 11.1. The Morgan fingerprint density at radius 3 is 2.55 bits per heavy atom. The molecule has 0 amide bonds. The van der Waals surface area contributed by atoms with Gasteiger partial charge >= 0.3 is 0 Å². The van der Waals surface area contributed by atoms with Crippen molar-refractivity contribution >= 4 is 31.9 Å². The van der Waals surface area contributed by atoms with Gasteiger partial charge in [0.2, 0.25) is 0 Å². The fourth-order valence-electron chi connectivity index (χ4n) is 2.18. The minimum atomic E-state index is -0.149. The molecule has 0 aliphatic heterocycles. The molecule has 106 valence electrons. The van der Waals surface area contributed by atoms with Gasteiger partial charge in [-0.2, -0.15) is 0 Å². The average Bonchev–Trinajstić information content (AvgIpc) is 2.46. The van der Waals surface area contributed by atoms with Crippen LogP contribution in [0.2, 0.25) is 0 Å². The van der Waals surface area contributed by atoms with Crippen molar-refractivity contribution in [3.8, 4) is 5.75 Å². The summed E-state index contributed by atoms with van der Waals surface area (Å²) in [5.74, 6) is 0.760. The number of hydrogen-bond donors (Lipinski definition) is 0. The highest BCUT2D eigenvalue weighted by atomic mass is 79.9. The molecule has 2 rings (SSSR count). The molecule has 4 heteroatoms. The van der Waals surface area contributed by atoms with Crippen LogP contribution in [0.25, 0.3) is 0 Å². The highest BCUT2D eigenvalue weighted by Crippen LogP contribution is 2.30. The quantitative estimate of drug-likeness (QED) is 0.616. The van der Waals surface area contributed by atoms with E-state index in [4.69, 9.17) is 4.74 Å². The van der Waals surface area contributed by atoms with Crippen LogP contribution in [0.4, 0.5) is 4.39 Å². The predicted octanol–water partition coefficient (Wildman–Crippen LogP) is 5.32. The van der Waals surface area contributed by atoms with Gasteiger partial charge in [-0.15, -0.1) is 0 Å². The summed E-state index contributed by atoms with van der Waals surface area (Å²) in [7, 11) is 1.64. The Bertz CT molecular complexity index is 586. The average molecular weight is 402 g/mol. The van der Waals surface area contributed by atoms with Crippen LogP contribution in [0.15, 0.2) is 46.9 Å². The van der Waals surface area contributed by atoms with E-state index in [1.807, 2.05) is 30.3 Å². The van der Waals surface area contributed by atoms with Crippen LogP contribution in [0.5, 0.6) is 5.75 Å². The molecule has 0 aromatic heterocycles. The second kappa shape index (κ2) is 7.23. The molecule has 2 aromatic carbocycles. The smallest absolute Gasteiger partial charge is 0.133 e. The van der Waals surface area contributed by atoms with E-state index in [1.165, 1.54) is 6.07 Å². The molecule has 0 spiro atoms. The number of rotatable bonds is 5. The molecule has 0 aliphatic rings. The Morgan fingerprint density at radius 2 is 1.95 bits per heavy atom. The maximum absolute atomic E-state index is 13.9.